The number of nitrogens with one attached hydrogen (secondary N) is 1. The number of benzene rings is 1. The maximum absolute atomic E-state index is 14.2. The summed E-state index contributed by atoms with van der Waals surface area (Å²) >= 11 is 0. The van der Waals surface area contributed by atoms with Gasteiger partial charge in [0, 0.05) is 36.2 Å². The predicted molar refractivity (Wildman–Crippen MR) is 89.6 cm³/mol. The molecule has 1 aromatic carbocycles. The Hall–Kier alpha value is -1.01. The van der Waals surface area contributed by atoms with E-state index in [0.29, 0.717) is 12.1 Å². The first-order valence-electron chi connectivity index (χ1n) is 8.28. The Morgan fingerprint density at radius 2 is 2.00 bits per heavy atom. The molecule has 1 fully saturated rings. The summed E-state index contributed by atoms with van der Waals surface area (Å²) < 4.78 is 14.2. The van der Waals surface area contributed by atoms with Crippen molar-refractivity contribution >= 4 is 0 Å². The average Bonchev–Trinajstić information content (AvgIpc) is 2.84. The highest BCUT2D eigenvalue weighted by Crippen LogP contribution is 2.40. The molecule has 1 heterocycles. The Balaban J connectivity index is 2.11. The fourth-order valence-electron chi connectivity index (χ4n) is 3.44. The van der Waals surface area contributed by atoms with E-state index in [2.05, 4.69) is 10.2 Å². The van der Waals surface area contributed by atoms with Gasteiger partial charge in [0.25, 0.3) is 0 Å². The highest BCUT2D eigenvalue weighted by atomic mass is 19.1. The quantitative estimate of drug-likeness (QED) is 0.716. The van der Waals surface area contributed by atoms with Crippen LogP contribution in [-0.2, 0) is 0 Å². The molecule has 5 heteroatoms. The maximum atomic E-state index is 14.2. The lowest BCUT2D eigenvalue weighted by Crippen LogP contribution is -2.36. The molecule has 0 aromatic heterocycles. The van der Waals surface area contributed by atoms with Crippen LogP contribution in [-0.4, -0.2) is 54.5 Å². The van der Waals surface area contributed by atoms with E-state index in [-0.39, 0.29) is 42.4 Å². The standard InChI is InChI=1S/C18H29FN2O2/c1-18(2,12-23)11-20-9-13-8-14(10-22)21(3)17(13)15-6-4-5-7-16(15)19/h4-7,13-14,17,20,22-23H,8-12H2,1-3H3/t13-,14+,17-/m1/s1. The van der Waals surface area contributed by atoms with Gasteiger partial charge in [-0.05, 0) is 32.0 Å². The molecule has 4 nitrogen and oxygen atoms in total. The number of hydrogen-bond acceptors (Lipinski definition) is 4. The number of likely N-dealkylation sites (N-methyl/N-ethyl adjacent to an activating group) is 1. The number of halogens is 1. The number of likely N-dealkylation sites (tertiary alicyclic amines) is 1. The SMILES string of the molecule is CN1[C@H](CO)C[C@H](CNCC(C)(C)CO)[C@@H]1c1ccccc1F. The van der Waals surface area contributed by atoms with E-state index >= 15 is 0 Å². The largest absolute Gasteiger partial charge is 0.396 e. The topological polar surface area (TPSA) is 55.7 Å². The van der Waals surface area contributed by atoms with Gasteiger partial charge in [0.1, 0.15) is 5.82 Å². The molecule has 1 aliphatic rings. The monoisotopic (exact) mass is 324 g/mol. The molecule has 3 N–H and O–H groups in total. The summed E-state index contributed by atoms with van der Waals surface area (Å²) in [6, 6.07) is 6.90. The van der Waals surface area contributed by atoms with Crippen molar-refractivity contribution < 1.29 is 14.6 Å². The molecule has 1 aliphatic heterocycles. The van der Waals surface area contributed by atoms with Gasteiger partial charge in [-0.25, -0.2) is 4.39 Å². The molecule has 0 aliphatic carbocycles. The van der Waals surface area contributed by atoms with Crippen LogP contribution >= 0.6 is 0 Å². The summed E-state index contributed by atoms with van der Waals surface area (Å²) in [5.41, 5.74) is 0.521. The van der Waals surface area contributed by atoms with Crippen LogP contribution in [0.5, 0.6) is 0 Å². The summed E-state index contributed by atoms with van der Waals surface area (Å²) in [6.45, 7) is 5.67. The molecule has 23 heavy (non-hydrogen) atoms. The van der Waals surface area contributed by atoms with Crippen LogP contribution in [0, 0.1) is 17.2 Å². The van der Waals surface area contributed by atoms with Crippen LogP contribution in [0.2, 0.25) is 0 Å². The van der Waals surface area contributed by atoms with Crippen LogP contribution in [0.15, 0.2) is 24.3 Å². The van der Waals surface area contributed by atoms with E-state index in [1.54, 1.807) is 6.07 Å². The summed E-state index contributed by atoms with van der Waals surface area (Å²) in [6.07, 6.45) is 0.832. The third-order valence-electron chi connectivity index (χ3n) is 4.91. The molecule has 0 saturated carbocycles. The lowest BCUT2D eigenvalue weighted by molar-refractivity contribution is 0.147. The second kappa shape index (κ2) is 7.71. The molecule has 1 saturated heterocycles. The minimum atomic E-state index is -0.191. The zero-order valence-corrected chi connectivity index (χ0v) is 14.3. The maximum Gasteiger partial charge on any atom is 0.127 e. The lowest BCUT2D eigenvalue weighted by Gasteiger charge is -2.29. The van der Waals surface area contributed by atoms with Crippen molar-refractivity contribution in [2.75, 3.05) is 33.4 Å². The number of aliphatic hydroxyl groups excluding tert-OH is 2. The third kappa shape index (κ3) is 4.29. The number of hydrogen-bond donors (Lipinski definition) is 3. The Morgan fingerprint density at radius 1 is 1.30 bits per heavy atom. The summed E-state index contributed by atoms with van der Waals surface area (Å²) in [5, 5.41) is 22.3. The van der Waals surface area contributed by atoms with Gasteiger partial charge in [-0.3, -0.25) is 4.90 Å². The zero-order valence-electron chi connectivity index (χ0n) is 14.3. The molecule has 2 rings (SSSR count). The van der Waals surface area contributed by atoms with Crippen molar-refractivity contribution in [2.24, 2.45) is 11.3 Å². The van der Waals surface area contributed by atoms with Crippen LogP contribution in [0.1, 0.15) is 31.9 Å². The van der Waals surface area contributed by atoms with Gasteiger partial charge in [-0.15, -0.1) is 0 Å². The Labute approximate surface area is 138 Å². The summed E-state index contributed by atoms with van der Waals surface area (Å²) in [4.78, 5) is 2.09. The van der Waals surface area contributed by atoms with Gasteiger partial charge in [-0.1, -0.05) is 32.0 Å². The molecule has 0 unspecified atom stereocenters. The fourth-order valence-corrected chi connectivity index (χ4v) is 3.44. The van der Waals surface area contributed by atoms with Crippen LogP contribution in [0.25, 0.3) is 0 Å². The first-order chi connectivity index (χ1) is 10.9. The van der Waals surface area contributed by atoms with E-state index in [4.69, 9.17) is 0 Å². The molecule has 0 spiro atoms. The van der Waals surface area contributed by atoms with E-state index in [1.165, 1.54) is 6.07 Å². The molecule has 130 valence electrons. The van der Waals surface area contributed by atoms with Crippen molar-refractivity contribution in [1.29, 1.82) is 0 Å². The van der Waals surface area contributed by atoms with Crippen LogP contribution in [0.4, 0.5) is 4.39 Å². The molecule has 0 amide bonds. The smallest absolute Gasteiger partial charge is 0.127 e. The van der Waals surface area contributed by atoms with E-state index in [1.807, 2.05) is 33.0 Å². The first-order valence-corrected chi connectivity index (χ1v) is 8.28. The Morgan fingerprint density at radius 3 is 2.61 bits per heavy atom. The summed E-state index contributed by atoms with van der Waals surface area (Å²) in [7, 11) is 1.95. The number of nitrogens with zero attached hydrogens (tertiary/aromatic N) is 1. The highest BCUT2D eigenvalue weighted by molar-refractivity contribution is 5.24. The van der Waals surface area contributed by atoms with E-state index in [0.717, 1.165) is 13.0 Å². The minimum Gasteiger partial charge on any atom is -0.396 e. The van der Waals surface area contributed by atoms with Crippen LogP contribution < -0.4 is 5.32 Å². The zero-order chi connectivity index (χ0) is 17.0. The average molecular weight is 324 g/mol. The summed E-state index contributed by atoms with van der Waals surface area (Å²) in [5.74, 6) is 0.0344. The van der Waals surface area contributed by atoms with Gasteiger partial charge >= 0.3 is 0 Å². The molecular weight excluding hydrogens is 295 g/mol. The second-order valence-corrected chi connectivity index (χ2v) is 7.42. The van der Waals surface area contributed by atoms with Crippen molar-refractivity contribution in [3.05, 3.63) is 35.6 Å². The Kier molecular flexibility index (Phi) is 6.14. The van der Waals surface area contributed by atoms with Crippen LogP contribution in [0.3, 0.4) is 0 Å². The molecule has 3 atom stereocenters. The minimum absolute atomic E-state index is 0.0434. The number of aliphatic hydroxyl groups is 2. The molecule has 1 aromatic rings. The van der Waals surface area contributed by atoms with E-state index in [9.17, 15) is 14.6 Å². The third-order valence-corrected chi connectivity index (χ3v) is 4.91. The van der Waals surface area contributed by atoms with Crippen molar-refractivity contribution in [1.82, 2.24) is 10.2 Å². The van der Waals surface area contributed by atoms with Crippen molar-refractivity contribution in [3.63, 3.8) is 0 Å². The number of rotatable bonds is 7. The van der Waals surface area contributed by atoms with Gasteiger partial charge < -0.3 is 15.5 Å². The molecule has 0 radical (unpaired) electrons. The van der Waals surface area contributed by atoms with E-state index < -0.39 is 0 Å². The first kappa shape index (κ1) is 18.3. The van der Waals surface area contributed by atoms with Crippen molar-refractivity contribution in [3.8, 4) is 0 Å². The van der Waals surface area contributed by atoms with Gasteiger partial charge in [0.05, 0.1) is 6.61 Å². The normalized spacial score (nSPS) is 25.9. The second-order valence-electron chi connectivity index (χ2n) is 7.42. The van der Waals surface area contributed by atoms with Gasteiger partial charge in [-0.2, -0.15) is 0 Å². The van der Waals surface area contributed by atoms with Gasteiger partial charge in [0.15, 0.2) is 0 Å². The fraction of sp³-hybridized carbons (Fsp3) is 0.667. The predicted octanol–water partition coefficient (Wildman–Crippen LogP) is 1.79. The van der Waals surface area contributed by atoms with Gasteiger partial charge in [0.2, 0.25) is 0 Å². The molecule has 0 bridgehead atoms. The Bertz CT molecular complexity index is 510. The highest BCUT2D eigenvalue weighted by Gasteiger charge is 2.40. The molecular formula is C18H29FN2O2. The van der Waals surface area contributed by atoms with Crippen molar-refractivity contribution in [2.45, 2.75) is 32.4 Å². The lowest BCUT2D eigenvalue weighted by atomic mass is 9.91.